The highest BCUT2D eigenvalue weighted by molar-refractivity contribution is 5.93. The molecule has 7 rings (SSSR count). The van der Waals surface area contributed by atoms with Crippen LogP contribution in [0.2, 0.25) is 0 Å². The summed E-state index contributed by atoms with van der Waals surface area (Å²) in [6, 6.07) is 29.3. The third-order valence-electron chi connectivity index (χ3n) is 10.6. The lowest BCUT2D eigenvalue weighted by Crippen LogP contribution is -2.38. The Morgan fingerprint density at radius 1 is 0.667 bits per heavy atom. The average Bonchev–Trinajstić information content (AvgIpc) is 4.01. The van der Waals surface area contributed by atoms with Gasteiger partial charge < -0.3 is 34.3 Å². The Labute approximate surface area is 332 Å². The number of amides is 4. The van der Waals surface area contributed by atoms with Crippen LogP contribution in [0.5, 0.6) is 11.5 Å². The number of methoxy groups -OCH3 is 2. The van der Waals surface area contributed by atoms with Crippen molar-refractivity contribution >= 4 is 35.0 Å². The van der Waals surface area contributed by atoms with Crippen LogP contribution in [-0.4, -0.2) is 77.8 Å². The number of ether oxygens (including phenoxy) is 2. The largest absolute Gasteiger partial charge is 0.497 e. The fraction of sp³-hybridized carbons (Fsp3) is 0.311. The van der Waals surface area contributed by atoms with Crippen molar-refractivity contribution in [3.8, 4) is 34.3 Å². The van der Waals surface area contributed by atoms with Crippen LogP contribution in [-0.2, 0) is 32.0 Å². The van der Waals surface area contributed by atoms with Crippen LogP contribution in [0.1, 0.15) is 49.7 Å². The first kappa shape index (κ1) is 38.8. The van der Waals surface area contributed by atoms with E-state index in [1.54, 1.807) is 32.5 Å². The predicted octanol–water partition coefficient (Wildman–Crippen LogP) is 7.15. The van der Waals surface area contributed by atoms with E-state index in [-0.39, 0.29) is 61.4 Å². The maximum absolute atomic E-state index is 13.1. The zero-order valence-corrected chi connectivity index (χ0v) is 32.2. The van der Waals surface area contributed by atoms with E-state index in [0.29, 0.717) is 47.6 Å². The smallest absolute Gasteiger partial charge is 0.227 e. The molecule has 0 saturated carbocycles. The predicted molar refractivity (Wildman–Crippen MR) is 217 cm³/mol. The number of benzene rings is 4. The molecule has 3 heterocycles. The van der Waals surface area contributed by atoms with Crippen molar-refractivity contribution in [3.05, 3.63) is 114 Å². The minimum absolute atomic E-state index is 0.00899. The molecule has 57 heavy (non-hydrogen) atoms. The van der Waals surface area contributed by atoms with Crippen LogP contribution < -0.4 is 20.1 Å². The number of oxazole rings is 1. The van der Waals surface area contributed by atoms with Crippen molar-refractivity contribution in [2.75, 3.05) is 37.9 Å². The van der Waals surface area contributed by atoms with Crippen LogP contribution in [0, 0.1) is 0 Å². The highest BCUT2D eigenvalue weighted by atomic mass is 16.5. The van der Waals surface area contributed by atoms with Crippen LogP contribution in [0.3, 0.4) is 0 Å². The molecule has 5 aromatic rings. The number of nitrogens with one attached hydrogen (secondary N) is 2. The van der Waals surface area contributed by atoms with Crippen LogP contribution in [0.4, 0.5) is 11.4 Å². The molecule has 1 aromatic heterocycles. The number of aromatic nitrogens is 1. The number of hydrogen-bond donors (Lipinski definition) is 2. The fourth-order valence-corrected chi connectivity index (χ4v) is 7.68. The van der Waals surface area contributed by atoms with Gasteiger partial charge in [0.25, 0.3) is 0 Å². The van der Waals surface area contributed by atoms with Gasteiger partial charge in [-0.1, -0.05) is 24.3 Å². The normalized spacial score (nSPS) is 16.3. The maximum Gasteiger partial charge on any atom is 0.227 e. The first-order valence-electron chi connectivity index (χ1n) is 19.4. The minimum Gasteiger partial charge on any atom is -0.497 e. The first-order chi connectivity index (χ1) is 27.7. The Morgan fingerprint density at radius 2 is 1.14 bits per heavy atom. The molecule has 2 saturated heterocycles. The summed E-state index contributed by atoms with van der Waals surface area (Å²) in [7, 11) is 3.20. The molecule has 0 bridgehead atoms. The molecule has 294 valence electrons. The monoisotopic (exact) mass is 769 g/mol. The molecule has 12 nitrogen and oxygen atoms in total. The number of carbonyl (C=O) groups is 4. The number of nitrogens with zero attached hydrogens (tertiary/aromatic N) is 3. The van der Waals surface area contributed by atoms with Gasteiger partial charge in [0, 0.05) is 60.5 Å². The summed E-state index contributed by atoms with van der Waals surface area (Å²) in [5.41, 5.74) is 4.59. The molecular formula is C45H47N5O7. The molecule has 4 amide bonds. The van der Waals surface area contributed by atoms with Gasteiger partial charge in [-0.15, -0.1) is 0 Å². The Bertz CT molecular complexity index is 2050. The van der Waals surface area contributed by atoms with Gasteiger partial charge in [0.05, 0.1) is 33.3 Å². The number of anilines is 2. The van der Waals surface area contributed by atoms with E-state index in [2.05, 4.69) is 15.6 Å². The van der Waals surface area contributed by atoms with E-state index < -0.39 is 0 Å². The molecule has 2 fully saturated rings. The third-order valence-corrected chi connectivity index (χ3v) is 10.6. The Hall–Kier alpha value is -6.43. The molecule has 12 heteroatoms. The quantitative estimate of drug-likeness (QED) is 0.121. The SMILES string of the molecule is COc1cccc(CC(=O)N2CCCC2CC(=O)Nc2ccc(-c3cnc(-c4ccc(NC(=O)CC5CCCN5C(=O)Cc5cccc(OC)c5)cc4)o3)cc2)c1. The molecule has 4 aromatic carbocycles. The molecule has 0 radical (unpaired) electrons. The van der Waals surface area contributed by atoms with Gasteiger partial charge in [-0.25, -0.2) is 4.98 Å². The van der Waals surface area contributed by atoms with E-state index >= 15 is 0 Å². The van der Waals surface area contributed by atoms with E-state index in [0.717, 1.165) is 47.9 Å². The van der Waals surface area contributed by atoms with Gasteiger partial charge in [0.2, 0.25) is 29.5 Å². The van der Waals surface area contributed by atoms with E-state index in [4.69, 9.17) is 13.9 Å². The molecular weight excluding hydrogens is 723 g/mol. The van der Waals surface area contributed by atoms with Gasteiger partial charge in [-0.2, -0.15) is 0 Å². The summed E-state index contributed by atoms with van der Waals surface area (Å²) in [5.74, 6) is 2.14. The zero-order valence-electron chi connectivity index (χ0n) is 32.2. The second kappa shape index (κ2) is 18.0. The van der Waals surface area contributed by atoms with Gasteiger partial charge >= 0.3 is 0 Å². The lowest BCUT2D eigenvalue weighted by Gasteiger charge is -2.24. The topological polar surface area (TPSA) is 143 Å². The van der Waals surface area contributed by atoms with E-state index in [1.807, 2.05) is 94.7 Å². The summed E-state index contributed by atoms with van der Waals surface area (Å²) in [4.78, 5) is 60.4. The maximum atomic E-state index is 13.1. The number of carbonyl (C=O) groups excluding carboxylic acids is 4. The third kappa shape index (κ3) is 9.88. The molecule has 2 atom stereocenters. The van der Waals surface area contributed by atoms with Crippen LogP contribution in [0.25, 0.3) is 22.8 Å². The molecule has 2 aliphatic heterocycles. The van der Waals surface area contributed by atoms with Crippen molar-refractivity contribution in [2.45, 2.75) is 63.5 Å². The summed E-state index contributed by atoms with van der Waals surface area (Å²) in [6.45, 7) is 1.29. The van der Waals surface area contributed by atoms with Gasteiger partial charge in [0.15, 0.2) is 5.76 Å². The summed E-state index contributed by atoms with van der Waals surface area (Å²) < 4.78 is 16.7. The van der Waals surface area contributed by atoms with Crippen LogP contribution in [0.15, 0.2) is 108 Å². The number of likely N-dealkylation sites (tertiary alicyclic amines) is 2. The molecule has 2 unspecified atom stereocenters. The Morgan fingerprint density at radius 3 is 1.61 bits per heavy atom. The van der Waals surface area contributed by atoms with E-state index in [1.165, 1.54) is 0 Å². The second-order valence-corrected chi connectivity index (χ2v) is 14.5. The average molecular weight is 770 g/mol. The highest BCUT2D eigenvalue weighted by Gasteiger charge is 2.31. The molecule has 0 aliphatic carbocycles. The lowest BCUT2D eigenvalue weighted by atomic mass is 10.1. The molecule has 2 aliphatic rings. The van der Waals surface area contributed by atoms with Crippen molar-refractivity contribution in [2.24, 2.45) is 0 Å². The zero-order chi connectivity index (χ0) is 39.7. The minimum atomic E-state index is -0.150. The summed E-state index contributed by atoms with van der Waals surface area (Å²) in [5, 5.41) is 5.94. The summed E-state index contributed by atoms with van der Waals surface area (Å²) in [6.07, 6.45) is 5.95. The molecule has 0 spiro atoms. The van der Waals surface area contributed by atoms with Crippen molar-refractivity contribution in [1.82, 2.24) is 14.8 Å². The van der Waals surface area contributed by atoms with Gasteiger partial charge in [0.1, 0.15) is 11.5 Å². The Kier molecular flexibility index (Phi) is 12.3. The number of hydrogen-bond acceptors (Lipinski definition) is 8. The van der Waals surface area contributed by atoms with Crippen molar-refractivity contribution in [1.29, 1.82) is 0 Å². The number of rotatable bonds is 14. The standard InChI is InChI=1S/C45H47N5O7/c1-55-38-11-3-7-30(23-38)25-43(53)49-21-5-9-36(49)27-41(51)47-34-17-13-32(14-18-34)40-29-46-45(57-40)33-15-19-35(20-16-33)48-42(52)28-37-10-6-22-50(37)44(54)26-31-8-4-12-39(24-31)56-2/h3-4,7-8,11-20,23-24,29,36-37H,5-6,9-10,21-22,25-28H2,1-2H3,(H,47,51)(H,48,52). The van der Waals surface area contributed by atoms with Gasteiger partial charge in [-0.3, -0.25) is 19.2 Å². The highest BCUT2D eigenvalue weighted by Crippen LogP contribution is 2.29. The second-order valence-electron chi connectivity index (χ2n) is 14.5. The fourth-order valence-electron chi connectivity index (χ4n) is 7.68. The molecule has 2 N–H and O–H groups in total. The van der Waals surface area contributed by atoms with Crippen molar-refractivity contribution < 1.29 is 33.1 Å². The van der Waals surface area contributed by atoms with Crippen molar-refractivity contribution in [3.63, 3.8) is 0 Å². The first-order valence-corrected chi connectivity index (χ1v) is 19.4. The van der Waals surface area contributed by atoms with E-state index in [9.17, 15) is 19.2 Å². The lowest BCUT2D eigenvalue weighted by molar-refractivity contribution is -0.133. The Balaban J connectivity index is 0.880. The van der Waals surface area contributed by atoms with Gasteiger partial charge in [-0.05, 0) is 110 Å². The summed E-state index contributed by atoms with van der Waals surface area (Å²) >= 11 is 0. The van der Waals surface area contributed by atoms with Crippen LogP contribution >= 0.6 is 0 Å².